The van der Waals surface area contributed by atoms with Crippen molar-refractivity contribution >= 4 is 44.8 Å². The van der Waals surface area contributed by atoms with Crippen molar-refractivity contribution in [3.63, 3.8) is 0 Å². The van der Waals surface area contributed by atoms with Gasteiger partial charge < -0.3 is 9.88 Å². The summed E-state index contributed by atoms with van der Waals surface area (Å²) in [7, 11) is -3.88. The molecule has 1 aromatic carbocycles. The number of anilines is 1. The maximum absolute atomic E-state index is 12.8. The number of hydrogen-bond donors (Lipinski definition) is 1. The van der Waals surface area contributed by atoms with Crippen molar-refractivity contribution in [1.82, 2.24) is 8.87 Å². The highest BCUT2D eigenvalue weighted by molar-refractivity contribution is 7.89. The number of amides is 1. The fraction of sp³-hybridized carbons (Fsp3) is 0.333. The molecular formula is C18H19Cl2N3O4S. The molecule has 2 heterocycles. The minimum absolute atomic E-state index is 0.284. The van der Waals surface area contributed by atoms with Crippen LogP contribution in [-0.4, -0.2) is 36.3 Å². The number of halogens is 2. The highest BCUT2D eigenvalue weighted by Gasteiger charge is 2.29. The molecule has 0 atom stereocenters. The van der Waals surface area contributed by atoms with E-state index in [-0.39, 0.29) is 16.5 Å². The van der Waals surface area contributed by atoms with Crippen LogP contribution in [0.4, 0.5) is 5.69 Å². The lowest BCUT2D eigenvalue weighted by molar-refractivity contribution is -0.116. The van der Waals surface area contributed by atoms with E-state index >= 15 is 0 Å². The number of nitrogens with one attached hydrogen (secondary N) is 1. The third-order valence-corrected chi connectivity index (χ3v) is 7.09. The van der Waals surface area contributed by atoms with E-state index in [9.17, 15) is 18.0 Å². The molecule has 3 rings (SSSR count). The largest absolute Gasteiger partial charge is 0.324 e. The summed E-state index contributed by atoms with van der Waals surface area (Å²) in [5.41, 5.74) is -0.304. The Bertz CT molecular complexity index is 1050. The number of carbonyl (C=O) groups excluding carboxylic acids is 1. The number of benzene rings is 1. The van der Waals surface area contributed by atoms with Gasteiger partial charge in [0.2, 0.25) is 15.9 Å². The molecule has 0 bridgehead atoms. The van der Waals surface area contributed by atoms with E-state index < -0.39 is 21.5 Å². The van der Waals surface area contributed by atoms with E-state index in [1.807, 2.05) is 0 Å². The number of aromatic nitrogens is 1. The first-order valence-corrected chi connectivity index (χ1v) is 10.9. The molecule has 0 spiro atoms. The van der Waals surface area contributed by atoms with Crippen LogP contribution in [0.3, 0.4) is 0 Å². The quantitative estimate of drug-likeness (QED) is 0.768. The first kappa shape index (κ1) is 20.9. The van der Waals surface area contributed by atoms with Crippen molar-refractivity contribution in [2.24, 2.45) is 0 Å². The van der Waals surface area contributed by atoms with Crippen molar-refractivity contribution in [3.8, 4) is 0 Å². The van der Waals surface area contributed by atoms with Gasteiger partial charge in [-0.3, -0.25) is 9.59 Å². The Morgan fingerprint density at radius 2 is 1.79 bits per heavy atom. The van der Waals surface area contributed by atoms with Crippen LogP contribution in [0.15, 0.2) is 46.2 Å². The summed E-state index contributed by atoms with van der Waals surface area (Å²) in [6.45, 7) is 0.464. The zero-order valence-corrected chi connectivity index (χ0v) is 17.2. The Kier molecular flexibility index (Phi) is 6.44. The molecule has 2 aromatic rings. The Balaban J connectivity index is 1.79. The van der Waals surface area contributed by atoms with Gasteiger partial charge in [-0.25, -0.2) is 8.42 Å². The molecule has 0 aliphatic carbocycles. The average molecular weight is 444 g/mol. The Morgan fingerprint density at radius 3 is 2.46 bits per heavy atom. The second-order valence-corrected chi connectivity index (χ2v) is 9.17. The first-order valence-electron chi connectivity index (χ1n) is 8.73. The van der Waals surface area contributed by atoms with Gasteiger partial charge in [0.15, 0.2) is 0 Å². The normalized spacial score (nSPS) is 15.4. The van der Waals surface area contributed by atoms with Crippen molar-refractivity contribution < 1.29 is 13.2 Å². The minimum atomic E-state index is -3.88. The third-order valence-electron chi connectivity index (χ3n) is 4.44. The summed E-state index contributed by atoms with van der Waals surface area (Å²) < 4.78 is 28.0. The zero-order chi connectivity index (χ0) is 20.3. The molecule has 1 aromatic heterocycles. The molecular weight excluding hydrogens is 425 g/mol. The van der Waals surface area contributed by atoms with E-state index in [1.165, 1.54) is 34.8 Å². The van der Waals surface area contributed by atoms with E-state index in [1.54, 1.807) is 6.07 Å². The summed E-state index contributed by atoms with van der Waals surface area (Å²) in [6.07, 6.45) is 3.89. The third kappa shape index (κ3) is 4.57. The number of carbonyl (C=O) groups is 1. The zero-order valence-electron chi connectivity index (χ0n) is 14.9. The minimum Gasteiger partial charge on any atom is -0.324 e. The van der Waals surface area contributed by atoms with Crippen molar-refractivity contribution in [2.45, 2.75) is 30.7 Å². The summed E-state index contributed by atoms with van der Waals surface area (Å²) in [4.78, 5) is 24.6. The van der Waals surface area contributed by atoms with Crippen LogP contribution < -0.4 is 10.9 Å². The van der Waals surface area contributed by atoms with Gasteiger partial charge >= 0.3 is 0 Å². The summed E-state index contributed by atoms with van der Waals surface area (Å²) >= 11 is 11.8. The van der Waals surface area contributed by atoms with Crippen LogP contribution >= 0.6 is 23.2 Å². The Hall–Kier alpha value is -1.87. The number of rotatable bonds is 5. The number of sulfonamides is 1. The molecule has 150 valence electrons. The molecule has 0 unspecified atom stereocenters. The molecule has 10 heteroatoms. The smallest absolute Gasteiger partial charge is 0.271 e. The van der Waals surface area contributed by atoms with E-state index in [0.29, 0.717) is 23.8 Å². The number of pyridine rings is 1. The molecule has 1 fully saturated rings. The molecule has 0 radical (unpaired) electrons. The van der Waals surface area contributed by atoms with E-state index in [0.717, 1.165) is 23.8 Å². The molecule has 28 heavy (non-hydrogen) atoms. The molecule has 0 saturated carbocycles. The fourth-order valence-corrected chi connectivity index (χ4v) is 4.91. The Morgan fingerprint density at radius 1 is 1.07 bits per heavy atom. The molecule has 1 aliphatic heterocycles. The predicted molar refractivity (Wildman–Crippen MR) is 108 cm³/mol. The van der Waals surface area contributed by atoms with E-state index in [2.05, 4.69) is 5.32 Å². The number of nitrogens with zero attached hydrogens (tertiary/aromatic N) is 2. The lowest BCUT2D eigenvalue weighted by Gasteiger charge is -2.25. The van der Waals surface area contributed by atoms with Crippen LogP contribution in [0.2, 0.25) is 10.0 Å². The van der Waals surface area contributed by atoms with Gasteiger partial charge in [0, 0.05) is 25.0 Å². The summed E-state index contributed by atoms with van der Waals surface area (Å²) in [5, 5.41) is 3.24. The molecule has 1 amide bonds. The molecule has 1 N–H and O–H groups in total. The van der Waals surface area contributed by atoms with Gasteiger partial charge in [-0.15, -0.1) is 0 Å². The van der Waals surface area contributed by atoms with Crippen LogP contribution in [0.1, 0.15) is 19.3 Å². The van der Waals surface area contributed by atoms with Gasteiger partial charge in [0.25, 0.3) is 5.56 Å². The van der Waals surface area contributed by atoms with Crippen LogP contribution in [0.25, 0.3) is 0 Å². The maximum atomic E-state index is 12.8. The van der Waals surface area contributed by atoms with Gasteiger partial charge in [-0.1, -0.05) is 29.6 Å². The maximum Gasteiger partial charge on any atom is 0.271 e. The lowest BCUT2D eigenvalue weighted by atomic mass is 10.2. The summed E-state index contributed by atoms with van der Waals surface area (Å²) in [5.74, 6) is -0.493. The van der Waals surface area contributed by atoms with Gasteiger partial charge in [0.05, 0.1) is 10.0 Å². The lowest BCUT2D eigenvalue weighted by Crippen LogP contribution is -2.39. The van der Waals surface area contributed by atoms with Crippen LogP contribution in [-0.2, 0) is 21.4 Å². The fourth-order valence-electron chi connectivity index (χ4n) is 3.01. The predicted octanol–water partition coefficient (Wildman–Crippen LogP) is 2.97. The van der Waals surface area contributed by atoms with Crippen LogP contribution in [0.5, 0.6) is 0 Å². The van der Waals surface area contributed by atoms with Gasteiger partial charge in [0.1, 0.15) is 11.4 Å². The number of piperidine rings is 1. The van der Waals surface area contributed by atoms with E-state index in [4.69, 9.17) is 23.2 Å². The van der Waals surface area contributed by atoms with Crippen LogP contribution in [0, 0.1) is 0 Å². The van der Waals surface area contributed by atoms with Gasteiger partial charge in [-0.2, -0.15) is 4.31 Å². The second-order valence-electron chi connectivity index (χ2n) is 6.45. The molecule has 1 aliphatic rings. The molecule has 1 saturated heterocycles. The topological polar surface area (TPSA) is 88.5 Å². The Labute approximate surface area is 172 Å². The average Bonchev–Trinajstić information content (AvgIpc) is 2.67. The highest BCUT2D eigenvalue weighted by Crippen LogP contribution is 2.25. The second kappa shape index (κ2) is 8.65. The monoisotopic (exact) mass is 443 g/mol. The standard InChI is InChI=1S/C18H19Cl2N3O4S/c19-14-7-6-13(11-15(14)20)21-17(24)12-22-8-4-5-16(18(22)25)28(26,27)23-9-2-1-3-10-23/h4-8,11H,1-3,9-10,12H2,(H,21,24). The number of hydrogen-bond acceptors (Lipinski definition) is 4. The highest BCUT2D eigenvalue weighted by atomic mass is 35.5. The van der Waals surface area contributed by atoms with Crippen molar-refractivity contribution in [1.29, 1.82) is 0 Å². The van der Waals surface area contributed by atoms with Crippen molar-refractivity contribution in [2.75, 3.05) is 18.4 Å². The first-order chi connectivity index (χ1) is 13.3. The van der Waals surface area contributed by atoms with Crippen molar-refractivity contribution in [3.05, 3.63) is 56.9 Å². The summed E-state index contributed by atoms with van der Waals surface area (Å²) in [6, 6.07) is 7.33. The molecule has 7 nitrogen and oxygen atoms in total. The SMILES string of the molecule is O=C(Cn1cccc(S(=O)(=O)N2CCCCC2)c1=O)Nc1ccc(Cl)c(Cl)c1. The van der Waals surface area contributed by atoms with Gasteiger partial charge in [-0.05, 0) is 43.2 Å².